The Bertz CT molecular complexity index is 481. The molecule has 20 heavy (non-hydrogen) atoms. The molecule has 4 heteroatoms. The summed E-state index contributed by atoms with van der Waals surface area (Å²) in [6, 6.07) is 3.78. The summed E-state index contributed by atoms with van der Waals surface area (Å²) in [6.45, 7) is 7.90. The number of hydrogen-bond acceptors (Lipinski definition) is 3. The van der Waals surface area contributed by atoms with E-state index >= 15 is 0 Å². The van der Waals surface area contributed by atoms with E-state index in [1.165, 1.54) is 12.8 Å². The third kappa shape index (κ3) is 3.50. The van der Waals surface area contributed by atoms with Gasteiger partial charge in [0.25, 0.3) is 5.91 Å². The molecule has 1 saturated carbocycles. The molecule has 0 unspecified atom stereocenters. The van der Waals surface area contributed by atoms with Crippen LogP contribution in [0.15, 0.2) is 12.1 Å². The minimum atomic E-state index is 0.125. The van der Waals surface area contributed by atoms with Crippen molar-refractivity contribution in [2.45, 2.75) is 39.5 Å². The van der Waals surface area contributed by atoms with Crippen molar-refractivity contribution in [1.82, 2.24) is 9.88 Å². The normalized spacial score (nSPS) is 14.4. The molecule has 0 aromatic carbocycles. The van der Waals surface area contributed by atoms with E-state index in [0.717, 1.165) is 30.2 Å². The number of amides is 1. The number of nitrogens with zero attached hydrogens (tertiary/aromatic N) is 2. The van der Waals surface area contributed by atoms with Gasteiger partial charge in [0, 0.05) is 31.4 Å². The zero-order valence-electron chi connectivity index (χ0n) is 12.9. The van der Waals surface area contributed by atoms with E-state index in [1.54, 1.807) is 0 Å². The van der Waals surface area contributed by atoms with Crippen LogP contribution < -0.4 is 5.32 Å². The van der Waals surface area contributed by atoms with Crippen LogP contribution in [0, 0.1) is 5.92 Å². The third-order valence-electron chi connectivity index (χ3n) is 3.78. The first-order valence-electron chi connectivity index (χ1n) is 7.54. The van der Waals surface area contributed by atoms with Crippen LogP contribution in [0.1, 0.15) is 55.6 Å². The molecule has 0 saturated heterocycles. The average Bonchev–Trinajstić information content (AvgIpc) is 3.27. The summed E-state index contributed by atoms with van der Waals surface area (Å²) in [5.41, 5.74) is 1.71. The van der Waals surface area contributed by atoms with Crippen LogP contribution >= 0.6 is 0 Å². The van der Waals surface area contributed by atoms with Gasteiger partial charge in [-0.2, -0.15) is 0 Å². The van der Waals surface area contributed by atoms with E-state index < -0.39 is 0 Å². The monoisotopic (exact) mass is 275 g/mol. The highest BCUT2D eigenvalue weighted by Gasteiger charge is 2.26. The minimum absolute atomic E-state index is 0.125. The van der Waals surface area contributed by atoms with Gasteiger partial charge >= 0.3 is 0 Å². The fraction of sp³-hybridized carbons (Fsp3) is 0.625. The molecule has 1 N–H and O–H groups in total. The zero-order valence-corrected chi connectivity index (χ0v) is 12.9. The van der Waals surface area contributed by atoms with Gasteiger partial charge in [-0.1, -0.05) is 13.8 Å². The Labute approximate surface area is 121 Å². The number of anilines is 1. The van der Waals surface area contributed by atoms with Gasteiger partial charge in [0.15, 0.2) is 0 Å². The molecule has 110 valence electrons. The molecule has 0 spiro atoms. The maximum Gasteiger partial charge on any atom is 0.254 e. The predicted molar refractivity (Wildman–Crippen MR) is 82.2 cm³/mol. The van der Waals surface area contributed by atoms with E-state index in [9.17, 15) is 4.79 Å². The number of hydrogen-bond donors (Lipinski definition) is 1. The molecule has 1 amide bonds. The molecule has 2 rings (SSSR count). The second-order valence-corrected chi connectivity index (χ2v) is 5.86. The quantitative estimate of drug-likeness (QED) is 0.867. The Kier molecular flexibility index (Phi) is 4.63. The van der Waals surface area contributed by atoms with Crippen molar-refractivity contribution in [3.63, 3.8) is 0 Å². The van der Waals surface area contributed by atoms with E-state index in [0.29, 0.717) is 11.8 Å². The lowest BCUT2D eigenvalue weighted by molar-refractivity contribution is 0.0756. The van der Waals surface area contributed by atoms with Crippen molar-refractivity contribution < 1.29 is 4.79 Å². The van der Waals surface area contributed by atoms with E-state index in [4.69, 9.17) is 0 Å². The first-order valence-corrected chi connectivity index (χ1v) is 7.54. The smallest absolute Gasteiger partial charge is 0.254 e. The summed E-state index contributed by atoms with van der Waals surface area (Å²) in [7, 11) is 1.84. The molecular weight excluding hydrogens is 250 g/mol. The van der Waals surface area contributed by atoms with Gasteiger partial charge in [-0.05, 0) is 43.7 Å². The van der Waals surface area contributed by atoms with Crippen LogP contribution in [-0.2, 0) is 0 Å². The standard InChI is InChI=1S/C16H25N3O/c1-5-19(10-12-6-7-12)16(20)13-8-14(11(2)3)18-15(9-13)17-4/h8-9,11-12H,5-7,10H2,1-4H3,(H,17,18). The maximum atomic E-state index is 12.7. The molecule has 1 aromatic rings. The first-order chi connectivity index (χ1) is 9.55. The fourth-order valence-corrected chi connectivity index (χ4v) is 2.25. The minimum Gasteiger partial charge on any atom is -0.373 e. The van der Waals surface area contributed by atoms with Crippen molar-refractivity contribution in [3.8, 4) is 0 Å². The molecule has 0 radical (unpaired) electrons. The molecule has 0 bridgehead atoms. The second-order valence-electron chi connectivity index (χ2n) is 5.86. The highest BCUT2D eigenvalue weighted by molar-refractivity contribution is 5.95. The second kappa shape index (κ2) is 6.25. The Morgan fingerprint density at radius 1 is 1.45 bits per heavy atom. The number of carbonyl (C=O) groups excluding carboxylic acids is 1. The lowest BCUT2D eigenvalue weighted by Crippen LogP contribution is -2.32. The Hall–Kier alpha value is -1.58. The number of aromatic nitrogens is 1. The third-order valence-corrected chi connectivity index (χ3v) is 3.78. The molecule has 1 fully saturated rings. The SMILES string of the molecule is CCN(CC1CC1)C(=O)c1cc(NC)nc(C(C)C)c1. The maximum absolute atomic E-state index is 12.7. The van der Waals surface area contributed by atoms with Crippen LogP contribution in [0.5, 0.6) is 0 Å². The summed E-state index contributed by atoms with van der Waals surface area (Å²) in [5, 5.41) is 3.05. The molecule has 4 nitrogen and oxygen atoms in total. The molecular formula is C16H25N3O. The van der Waals surface area contributed by atoms with E-state index in [1.807, 2.05) is 31.0 Å². The summed E-state index contributed by atoms with van der Waals surface area (Å²) >= 11 is 0. The van der Waals surface area contributed by atoms with Gasteiger partial charge in [0.2, 0.25) is 0 Å². The molecule has 0 aliphatic heterocycles. The van der Waals surface area contributed by atoms with Gasteiger partial charge in [0.1, 0.15) is 5.82 Å². The largest absolute Gasteiger partial charge is 0.373 e. The molecule has 0 atom stereocenters. The highest BCUT2D eigenvalue weighted by Crippen LogP contribution is 2.30. The summed E-state index contributed by atoms with van der Waals surface area (Å²) in [6.07, 6.45) is 2.53. The number of carbonyl (C=O) groups is 1. The van der Waals surface area contributed by atoms with Crippen molar-refractivity contribution >= 4 is 11.7 Å². The van der Waals surface area contributed by atoms with Gasteiger partial charge in [-0.25, -0.2) is 4.98 Å². The van der Waals surface area contributed by atoms with Crippen molar-refractivity contribution in [2.24, 2.45) is 5.92 Å². The van der Waals surface area contributed by atoms with Crippen LogP contribution in [0.25, 0.3) is 0 Å². The van der Waals surface area contributed by atoms with Crippen molar-refractivity contribution in [1.29, 1.82) is 0 Å². The lowest BCUT2D eigenvalue weighted by Gasteiger charge is -2.21. The topological polar surface area (TPSA) is 45.2 Å². The van der Waals surface area contributed by atoms with E-state index in [2.05, 4.69) is 24.1 Å². The molecule has 1 aliphatic carbocycles. The van der Waals surface area contributed by atoms with Crippen molar-refractivity contribution in [3.05, 3.63) is 23.4 Å². The average molecular weight is 275 g/mol. The summed E-state index contributed by atoms with van der Waals surface area (Å²) in [5.74, 6) is 1.92. The Morgan fingerprint density at radius 3 is 2.65 bits per heavy atom. The fourth-order valence-electron chi connectivity index (χ4n) is 2.25. The van der Waals surface area contributed by atoms with Crippen LogP contribution in [0.3, 0.4) is 0 Å². The van der Waals surface area contributed by atoms with Crippen LogP contribution in [0.2, 0.25) is 0 Å². The van der Waals surface area contributed by atoms with Crippen LogP contribution in [-0.4, -0.2) is 35.9 Å². The summed E-state index contributed by atoms with van der Waals surface area (Å²) in [4.78, 5) is 19.1. The summed E-state index contributed by atoms with van der Waals surface area (Å²) < 4.78 is 0. The molecule has 1 aromatic heterocycles. The Morgan fingerprint density at radius 2 is 2.15 bits per heavy atom. The Balaban J connectivity index is 2.24. The van der Waals surface area contributed by atoms with Gasteiger partial charge in [-0.15, -0.1) is 0 Å². The highest BCUT2D eigenvalue weighted by atomic mass is 16.2. The number of nitrogens with one attached hydrogen (secondary N) is 1. The zero-order chi connectivity index (χ0) is 14.7. The van der Waals surface area contributed by atoms with Gasteiger partial charge < -0.3 is 10.2 Å². The lowest BCUT2D eigenvalue weighted by atomic mass is 10.1. The van der Waals surface area contributed by atoms with Gasteiger partial charge in [0.05, 0.1) is 0 Å². The van der Waals surface area contributed by atoms with Crippen LogP contribution in [0.4, 0.5) is 5.82 Å². The van der Waals surface area contributed by atoms with Crippen molar-refractivity contribution in [2.75, 3.05) is 25.5 Å². The number of rotatable bonds is 6. The number of pyridine rings is 1. The molecule has 1 aliphatic rings. The molecule has 1 heterocycles. The van der Waals surface area contributed by atoms with E-state index in [-0.39, 0.29) is 5.91 Å². The van der Waals surface area contributed by atoms with Gasteiger partial charge in [-0.3, -0.25) is 4.79 Å². The predicted octanol–water partition coefficient (Wildman–Crippen LogP) is 3.12. The first kappa shape index (κ1) is 14.8.